The number of Topliss-reactive ketones (excluding diaryl/α,β-unsaturated/α-hetero) is 1. The van der Waals surface area contributed by atoms with Gasteiger partial charge in [-0.25, -0.2) is 0 Å². The van der Waals surface area contributed by atoms with Gasteiger partial charge in [-0.2, -0.15) is 0 Å². The molecule has 1 unspecified atom stereocenters. The van der Waals surface area contributed by atoms with E-state index < -0.39 is 6.10 Å². The van der Waals surface area contributed by atoms with Crippen molar-refractivity contribution in [3.63, 3.8) is 0 Å². The van der Waals surface area contributed by atoms with E-state index in [2.05, 4.69) is 0 Å². The molecule has 0 fully saturated rings. The zero-order chi connectivity index (χ0) is 21.1. The summed E-state index contributed by atoms with van der Waals surface area (Å²) in [4.78, 5) is 40.7. The monoisotopic (exact) mass is 394 g/mol. The Hall–Kier alpha value is -3.15. The van der Waals surface area contributed by atoms with Crippen LogP contribution in [-0.2, 0) is 9.59 Å². The number of carbonyl (C=O) groups is 3. The van der Waals surface area contributed by atoms with E-state index in [1.54, 1.807) is 37.1 Å². The molecule has 1 aliphatic rings. The Morgan fingerprint density at radius 1 is 1.14 bits per heavy atom. The van der Waals surface area contributed by atoms with Crippen molar-refractivity contribution in [2.75, 3.05) is 23.4 Å². The maximum Gasteiger partial charge on any atom is 0.267 e. The second-order valence-electron chi connectivity index (χ2n) is 7.24. The van der Waals surface area contributed by atoms with Gasteiger partial charge in [0.25, 0.3) is 5.91 Å². The molecule has 6 heteroatoms. The lowest BCUT2D eigenvalue weighted by Crippen LogP contribution is -2.42. The topological polar surface area (TPSA) is 66.9 Å². The minimum atomic E-state index is -0.548. The lowest BCUT2D eigenvalue weighted by molar-refractivity contribution is -0.125. The number of aryl methyl sites for hydroxylation is 1. The van der Waals surface area contributed by atoms with Gasteiger partial charge in [0.1, 0.15) is 5.75 Å². The van der Waals surface area contributed by atoms with Gasteiger partial charge in [0.2, 0.25) is 5.91 Å². The SMILES string of the molecule is CCN(C(=O)CCC(=O)c1ccc2c(c1)N(C)C(=O)C(C)O2)c1cccc(C)c1. The molecule has 0 aromatic heterocycles. The highest BCUT2D eigenvalue weighted by molar-refractivity contribution is 6.04. The van der Waals surface area contributed by atoms with Crippen LogP contribution >= 0.6 is 0 Å². The number of likely N-dealkylation sites (N-methyl/N-ethyl adjacent to an activating group) is 1. The van der Waals surface area contributed by atoms with Crippen LogP contribution in [0, 0.1) is 6.92 Å². The molecule has 2 amide bonds. The van der Waals surface area contributed by atoms with Gasteiger partial charge in [0.05, 0.1) is 5.69 Å². The zero-order valence-corrected chi connectivity index (χ0v) is 17.3. The van der Waals surface area contributed by atoms with Gasteiger partial charge >= 0.3 is 0 Å². The molecule has 0 aliphatic carbocycles. The van der Waals surface area contributed by atoms with Crippen molar-refractivity contribution in [1.82, 2.24) is 0 Å². The summed E-state index contributed by atoms with van der Waals surface area (Å²) in [5.74, 6) is 0.188. The van der Waals surface area contributed by atoms with E-state index in [9.17, 15) is 14.4 Å². The zero-order valence-electron chi connectivity index (χ0n) is 17.3. The summed E-state index contributed by atoms with van der Waals surface area (Å²) in [6.07, 6.45) is -0.317. The number of ketones is 1. The van der Waals surface area contributed by atoms with Crippen LogP contribution in [0.25, 0.3) is 0 Å². The standard InChI is InChI=1S/C23H26N2O4/c1-5-25(18-8-6-7-15(2)13-18)22(27)12-10-20(26)17-9-11-21-19(14-17)24(4)23(28)16(3)29-21/h6-9,11,13-14,16H,5,10,12H2,1-4H3. The summed E-state index contributed by atoms with van der Waals surface area (Å²) in [7, 11) is 1.67. The average Bonchev–Trinajstić information content (AvgIpc) is 2.71. The number of amides is 2. The molecular weight excluding hydrogens is 368 g/mol. The molecule has 0 spiro atoms. The number of rotatable bonds is 6. The number of benzene rings is 2. The van der Waals surface area contributed by atoms with Gasteiger partial charge in [-0.3, -0.25) is 14.4 Å². The molecule has 2 aromatic rings. The summed E-state index contributed by atoms with van der Waals surface area (Å²) >= 11 is 0. The molecular formula is C23H26N2O4. The molecule has 29 heavy (non-hydrogen) atoms. The van der Waals surface area contributed by atoms with Crippen LogP contribution in [0.15, 0.2) is 42.5 Å². The number of nitrogens with zero attached hydrogens (tertiary/aromatic N) is 2. The minimum absolute atomic E-state index is 0.0890. The van der Waals surface area contributed by atoms with Gasteiger partial charge in [-0.05, 0) is 56.7 Å². The molecule has 0 saturated carbocycles. The normalized spacial score (nSPS) is 15.5. The third-order valence-electron chi connectivity index (χ3n) is 5.12. The quantitative estimate of drug-likeness (QED) is 0.700. The predicted molar refractivity (Wildman–Crippen MR) is 113 cm³/mol. The van der Waals surface area contributed by atoms with Crippen LogP contribution < -0.4 is 14.5 Å². The number of fused-ring (bicyclic) bond motifs is 1. The minimum Gasteiger partial charge on any atom is -0.479 e. The van der Waals surface area contributed by atoms with Crippen molar-refractivity contribution in [3.05, 3.63) is 53.6 Å². The fraction of sp³-hybridized carbons (Fsp3) is 0.348. The first-order valence-electron chi connectivity index (χ1n) is 9.80. The fourth-order valence-corrected chi connectivity index (χ4v) is 3.48. The van der Waals surface area contributed by atoms with E-state index in [0.717, 1.165) is 11.3 Å². The molecule has 2 aromatic carbocycles. The summed E-state index contributed by atoms with van der Waals surface area (Å²) in [6.45, 7) is 6.13. The maximum atomic E-state index is 12.7. The largest absolute Gasteiger partial charge is 0.479 e. The summed E-state index contributed by atoms with van der Waals surface area (Å²) in [5.41, 5.74) is 2.95. The van der Waals surface area contributed by atoms with Crippen LogP contribution in [-0.4, -0.2) is 37.3 Å². The first kappa shape index (κ1) is 20.6. The van der Waals surface area contributed by atoms with Gasteiger partial charge in [-0.1, -0.05) is 12.1 Å². The molecule has 6 nitrogen and oxygen atoms in total. The molecule has 0 bridgehead atoms. The smallest absolute Gasteiger partial charge is 0.267 e. The van der Waals surface area contributed by atoms with E-state index >= 15 is 0 Å². The fourth-order valence-electron chi connectivity index (χ4n) is 3.48. The van der Waals surface area contributed by atoms with Crippen molar-refractivity contribution < 1.29 is 19.1 Å². The lowest BCUT2D eigenvalue weighted by atomic mass is 10.0. The van der Waals surface area contributed by atoms with Crippen LogP contribution in [0.4, 0.5) is 11.4 Å². The van der Waals surface area contributed by atoms with E-state index in [0.29, 0.717) is 23.5 Å². The maximum absolute atomic E-state index is 12.7. The van der Waals surface area contributed by atoms with Crippen molar-refractivity contribution in [2.24, 2.45) is 0 Å². The molecule has 1 atom stereocenters. The van der Waals surface area contributed by atoms with Crippen LogP contribution in [0.2, 0.25) is 0 Å². The Labute approximate surface area is 171 Å². The first-order chi connectivity index (χ1) is 13.8. The highest BCUT2D eigenvalue weighted by Crippen LogP contribution is 2.34. The number of hydrogen-bond acceptors (Lipinski definition) is 4. The Balaban J connectivity index is 1.69. The van der Waals surface area contributed by atoms with Crippen molar-refractivity contribution in [2.45, 2.75) is 39.7 Å². The van der Waals surface area contributed by atoms with E-state index in [4.69, 9.17) is 4.74 Å². The number of hydrogen-bond donors (Lipinski definition) is 0. The summed E-state index contributed by atoms with van der Waals surface area (Å²) in [6, 6.07) is 12.8. The van der Waals surface area contributed by atoms with E-state index in [1.807, 2.05) is 38.1 Å². The Bertz CT molecular complexity index is 954. The van der Waals surface area contributed by atoms with Gasteiger partial charge in [0.15, 0.2) is 11.9 Å². The first-order valence-corrected chi connectivity index (χ1v) is 9.80. The highest BCUT2D eigenvalue weighted by Gasteiger charge is 2.29. The van der Waals surface area contributed by atoms with Gasteiger partial charge in [-0.15, -0.1) is 0 Å². The molecule has 0 radical (unpaired) electrons. The number of ether oxygens (including phenoxy) is 1. The van der Waals surface area contributed by atoms with Crippen LogP contribution in [0.1, 0.15) is 42.6 Å². The predicted octanol–water partition coefficient (Wildman–Crippen LogP) is 3.75. The summed E-state index contributed by atoms with van der Waals surface area (Å²) in [5, 5.41) is 0. The Kier molecular flexibility index (Phi) is 6.01. The van der Waals surface area contributed by atoms with Crippen molar-refractivity contribution >= 4 is 29.0 Å². The number of anilines is 2. The molecule has 1 aliphatic heterocycles. The summed E-state index contributed by atoms with van der Waals surface area (Å²) < 4.78 is 5.59. The van der Waals surface area contributed by atoms with Gasteiger partial charge < -0.3 is 14.5 Å². The van der Waals surface area contributed by atoms with Gasteiger partial charge in [0, 0.05) is 37.7 Å². The second-order valence-corrected chi connectivity index (χ2v) is 7.24. The van der Waals surface area contributed by atoms with Crippen LogP contribution in [0.5, 0.6) is 5.75 Å². The average molecular weight is 394 g/mol. The lowest BCUT2D eigenvalue weighted by Gasteiger charge is -2.30. The van der Waals surface area contributed by atoms with E-state index in [-0.39, 0.29) is 30.4 Å². The number of carbonyl (C=O) groups excluding carboxylic acids is 3. The Morgan fingerprint density at radius 3 is 2.59 bits per heavy atom. The third-order valence-corrected chi connectivity index (χ3v) is 5.12. The van der Waals surface area contributed by atoms with Crippen molar-refractivity contribution in [3.8, 4) is 5.75 Å². The molecule has 1 heterocycles. The van der Waals surface area contributed by atoms with Crippen molar-refractivity contribution in [1.29, 1.82) is 0 Å². The second kappa shape index (κ2) is 8.47. The molecule has 0 saturated heterocycles. The Morgan fingerprint density at radius 2 is 1.90 bits per heavy atom. The van der Waals surface area contributed by atoms with Crippen LogP contribution in [0.3, 0.4) is 0 Å². The molecule has 152 valence electrons. The molecule has 0 N–H and O–H groups in total. The third kappa shape index (κ3) is 4.31. The molecule has 3 rings (SSSR count). The highest BCUT2D eigenvalue weighted by atomic mass is 16.5. The van der Waals surface area contributed by atoms with E-state index in [1.165, 1.54) is 4.90 Å².